The Morgan fingerprint density at radius 1 is 1.24 bits per heavy atom. The molecule has 1 fully saturated rings. The van der Waals surface area contributed by atoms with Gasteiger partial charge < -0.3 is 5.11 Å². The molecule has 0 heterocycles. The van der Waals surface area contributed by atoms with Crippen molar-refractivity contribution in [1.29, 1.82) is 0 Å². The average molecular weight is 690 g/mol. The Balaban J connectivity index is -0.000000464. The van der Waals surface area contributed by atoms with Crippen LogP contribution in [-0.2, 0) is 4.79 Å². The Hall–Kier alpha value is 1.57. The minimum atomic E-state index is -0.653. The first-order valence-electron chi connectivity index (χ1n) is 6.24. The van der Waals surface area contributed by atoms with E-state index < -0.39 is 5.97 Å². The van der Waals surface area contributed by atoms with Crippen molar-refractivity contribution >= 4 is 5.97 Å². The smallest absolute Gasteiger partial charge is 0.303 e. The van der Waals surface area contributed by atoms with Crippen LogP contribution in [0, 0.1) is 85.9 Å². The first kappa shape index (κ1) is 23.7. The molecule has 0 aromatic carbocycles. The predicted molar refractivity (Wildman–Crippen MR) is 63.8 cm³/mol. The molecule has 0 spiro atoms. The molecule has 98 valence electrons. The maximum Gasteiger partial charge on any atom is 0.303 e. The van der Waals surface area contributed by atoms with Crippen molar-refractivity contribution in [3.8, 4) is 0 Å². The summed E-state index contributed by atoms with van der Waals surface area (Å²) in [5.74, 6) is 1.80. The largest absolute Gasteiger partial charge is 0.481 e. The summed E-state index contributed by atoms with van der Waals surface area (Å²) in [6.45, 7) is 10.6. The fourth-order valence-electron chi connectivity index (χ4n) is 2.63. The van der Waals surface area contributed by atoms with Crippen LogP contribution < -0.4 is 0 Å². The molecule has 0 bridgehead atoms. The molecule has 2 nitrogen and oxygen atoms in total. The van der Waals surface area contributed by atoms with Crippen LogP contribution in [0.1, 0.15) is 53.9 Å². The molecule has 0 aromatic heterocycles. The van der Waals surface area contributed by atoms with Crippen molar-refractivity contribution in [1.82, 2.24) is 0 Å². The van der Waals surface area contributed by atoms with Gasteiger partial charge in [0.2, 0.25) is 0 Å². The summed E-state index contributed by atoms with van der Waals surface area (Å²) in [6, 6.07) is 0. The van der Waals surface area contributed by atoms with Gasteiger partial charge in [-0.15, -0.1) is 0 Å². The maximum atomic E-state index is 10.6. The maximum absolute atomic E-state index is 10.6. The summed E-state index contributed by atoms with van der Waals surface area (Å²) in [5, 5.41) is 8.70. The van der Waals surface area contributed by atoms with Crippen molar-refractivity contribution < 1.29 is 72.1 Å². The number of hydrogen-bond donors (Lipinski definition) is 1. The molecule has 0 saturated heterocycles. The minimum Gasteiger partial charge on any atom is -0.481 e. The molecule has 1 aliphatic carbocycles. The second-order valence-corrected chi connectivity index (χ2v) is 4.65. The molecule has 17 heavy (non-hydrogen) atoms. The van der Waals surface area contributed by atoms with E-state index in [1.807, 2.05) is 13.8 Å². The number of hydrogen-bond acceptors (Lipinski definition) is 1. The van der Waals surface area contributed by atoms with Gasteiger partial charge in [0.05, 0.1) is 0 Å². The van der Waals surface area contributed by atoms with Gasteiger partial charge in [0, 0.05) is 68.6 Å². The van der Waals surface area contributed by atoms with E-state index in [0.717, 1.165) is 5.92 Å². The molecule has 0 amide bonds. The van der Waals surface area contributed by atoms with Crippen molar-refractivity contribution in [2.45, 2.75) is 53.9 Å². The average Bonchev–Trinajstić information content (AvgIpc) is 2.50. The van der Waals surface area contributed by atoms with Gasteiger partial charge in [0.1, 0.15) is 0 Å². The topological polar surface area (TPSA) is 37.3 Å². The Bertz CT molecular complexity index is 198. The zero-order chi connectivity index (χ0) is 12.0. The Kier molecular flexibility index (Phi) is 17.5. The fraction of sp³-hybridized carbons (Fsp3) is 0.923. The van der Waals surface area contributed by atoms with Gasteiger partial charge in [-0.2, -0.15) is 0 Å². The van der Waals surface area contributed by atoms with Gasteiger partial charge >= 0.3 is 5.97 Å². The van der Waals surface area contributed by atoms with Gasteiger partial charge in [-0.1, -0.05) is 41.0 Å². The van der Waals surface area contributed by atoms with Crippen molar-refractivity contribution in [3.63, 3.8) is 0 Å². The van der Waals surface area contributed by atoms with E-state index in [-0.39, 0.29) is 62.2 Å². The SMILES string of the molecule is CC.CC(CC(=O)O)[C@H]1CC[C@@H](C)[C@H]1C.[U].[U]. The van der Waals surface area contributed by atoms with Gasteiger partial charge in [0.15, 0.2) is 0 Å². The third-order valence-electron chi connectivity index (χ3n) is 3.76. The molecule has 4 heteroatoms. The van der Waals surface area contributed by atoms with E-state index in [4.69, 9.17) is 5.11 Å². The quantitative estimate of drug-likeness (QED) is 0.490. The normalized spacial score (nSPS) is 27.9. The number of carboxylic acids is 1. The Labute approximate surface area is 154 Å². The van der Waals surface area contributed by atoms with Crippen LogP contribution in [0.4, 0.5) is 0 Å². The molecule has 1 N–H and O–H groups in total. The van der Waals surface area contributed by atoms with Crippen LogP contribution in [0.25, 0.3) is 0 Å². The molecular weight excluding hydrogens is 664 g/mol. The molecule has 1 rings (SSSR count). The van der Waals surface area contributed by atoms with Crippen LogP contribution in [-0.4, -0.2) is 11.1 Å². The zero-order valence-corrected chi connectivity index (χ0v) is 20.1. The van der Waals surface area contributed by atoms with E-state index in [0.29, 0.717) is 24.2 Å². The zero-order valence-electron chi connectivity index (χ0n) is 11.8. The van der Waals surface area contributed by atoms with E-state index in [1.54, 1.807) is 0 Å². The molecule has 1 aliphatic rings. The first-order chi connectivity index (χ1) is 7.02. The predicted octanol–water partition coefficient (Wildman–Crippen LogP) is 3.81. The van der Waals surface area contributed by atoms with Crippen LogP contribution in [0.15, 0.2) is 0 Å². The van der Waals surface area contributed by atoms with E-state index in [2.05, 4.69) is 20.8 Å². The second-order valence-electron chi connectivity index (χ2n) is 4.65. The minimum absolute atomic E-state index is 0. The molecule has 0 aliphatic heterocycles. The van der Waals surface area contributed by atoms with Crippen LogP contribution in [0.2, 0.25) is 0 Å². The Morgan fingerprint density at radius 3 is 2.00 bits per heavy atom. The standard InChI is InChI=1S/C11H20O2.C2H6.2U/c1-7-4-5-10(9(7)3)8(2)6-11(12)13;1-2;;/h7-10H,4-6H2,1-3H3,(H,12,13);1-2H3;;/t7-,8?,9-,10-;;;/m1.../s1. The molecule has 0 aromatic rings. The summed E-state index contributed by atoms with van der Waals surface area (Å²) in [5.41, 5.74) is 0. The monoisotopic (exact) mass is 690 g/mol. The number of aliphatic carboxylic acids is 1. The van der Waals surface area contributed by atoms with E-state index >= 15 is 0 Å². The molecule has 1 unspecified atom stereocenters. The molecule has 4 atom stereocenters. The molecular formula is C13H26O2U2. The second kappa shape index (κ2) is 12.6. The van der Waals surface area contributed by atoms with Gasteiger partial charge in [-0.3, -0.25) is 4.79 Å². The van der Waals surface area contributed by atoms with Crippen molar-refractivity contribution in [3.05, 3.63) is 0 Å². The number of rotatable bonds is 3. The number of carboxylic acid groups (broad SMARTS) is 1. The number of carbonyl (C=O) groups is 1. The summed E-state index contributed by atoms with van der Waals surface area (Å²) >= 11 is 0. The summed E-state index contributed by atoms with van der Waals surface area (Å²) in [6.07, 6.45) is 2.83. The van der Waals surface area contributed by atoms with Crippen LogP contribution in [0.3, 0.4) is 0 Å². The molecule has 0 radical (unpaired) electrons. The van der Waals surface area contributed by atoms with E-state index in [9.17, 15) is 4.79 Å². The van der Waals surface area contributed by atoms with Gasteiger partial charge in [-0.05, 0) is 30.1 Å². The van der Waals surface area contributed by atoms with Crippen molar-refractivity contribution in [2.75, 3.05) is 0 Å². The van der Waals surface area contributed by atoms with Gasteiger partial charge in [-0.25, -0.2) is 0 Å². The fourth-order valence-corrected chi connectivity index (χ4v) is 2.63. The van der Waals surface area contributed by atoms with Crippen molar-refractivity contribution in [2.24, 2.45) is 23.7 Å². The third kappa shape index (κ3) is 8.36. The van der Waals surface area contributed by atoms with Crippen LogP contribution in [0.5, 0.6) is 0 Å². The summed E-state index contributed by atoms with van der Waals surface area (Å²) < 4.78 is 0. The molecule has 1 saturated carbocycles. The van der Waals surface area contributed by atoms with Gasteiger partial charge in [0.25, 0.3) is 0 Å². The van der Waals surface area contributed by atoms with Crippen LogP contribution >= 0.6 is 0 Å². The first-order valence-corrected chi connectivity index (χ1v) is 6.24. The van der Waals surface area contributed by atoms with E-state index in [1.165, 1.54) is 12.8 Å². The summed E-state index contributed by atoms with van der Waals surface area (Å²) in [4.78, 5) is 10.6. The third-order valence-corrected chi connectivity index (χ3v) is 3.76. The summed E-state index contributed by atoms with van der Waals surface area (Å²) in [7, 11) is 0. The Morgan fingerprint density at radius 2 is 1.71 bits per heavy atom.